The molecule has 4 rings (SSSR count). The van der Waals surface area contributed by atoms with Crippen LogP contribution in [0.25, 0.3) is 17.5 Å². The van der Waals surface area contributed by atoms with Crippen molar-refractivity contribution in [2.24, 2.45) is 5.73 Å². The first kappa shape index (κ1) is 21.4. The molecule has 1 aliphatic rings. The van der Waals surface area contributed by atoms with Crippen LogP contribution >= 0.6 is 11.3 Å². The maximum absolute atomic E-state index is 13.2. The molecule has 0 saturated carbocycles. The van der Waals surface area contributed by atoms with Gasteiger partial charge in [-0.05, 0) is 38.1 Å². The lowest BCUT2D eigenvalue weighted by Crippen LogP contribution is -2.41. The molecule has 1 atom stereocenters. The quantitative estimate of drug-likeness (QED) is 0.547. The van der Waals surface area contributed by atoms with E-state index in [0.29, 0.717) is 11.5 Å². The lowest BCUT2D eigenvalue weighted by atomic mass is 9.87. The molecule has 3 aromatic rings. The van der Waals surface area contributed by atoms with Gasteiger partial charge in [-0.1, -0.05) is 0 Å². The number of nitrogens with zero attached hydrogens (tertiary/aromatic N) is 1. The fourth-order valence-electron chi connectivity index (χ4n) is 3.51. The maximum Gasteiger partial charge on any atom is 0.338 e. The van der Waals surface area contributed by atoms with Crippen LogP contribution in [0, 0.1) is 0 Å². The zero-order chi connectivity index (χ0) is 22.8. The molecule has 0 saturated heterocycles. The van der Waals surface area contributed by atoms with Gasteiger partial charge in [0.25, 0.3) is 5.56 Å². The Morgan fingerprint density at radius 3 is 2.34 bits per heavy atom. The van der Waals surface area contributed by atoms with E-state index >= 15 is 0 Å². The molecule has 0 amide bonds. The van der Waals surface area contributed by atoms with Crippen molar-refractivity contribution in [1.29, 1.82) is 0 Å². The second-order valence-electron chi connectivity index (χ2n) is 6.67. The molecule has 0 aliphatic carbocycles. The molecule has 4 heterocycles. The highest BCUT2D eigenvalue weighted by Crippen LogP contribution is 2.37. The van der Waals surface area contributed by atoms with Gasteiger partial charge in [0.15, 0.2) is 0 Å². The average Bonchev–Trinajstić information content (AvgIpc) is 3.51. The van der Waals surface area contributed by atoms with E-state index in [1.165, 1.54) is 12.5 Å². The van der Waals surface area contributed by atoms with Crippen molar-refractivity contribution in [2.75, 3.05) is 13.2 Å². The normalized spacial score (nSPS) is 16.2. The van der Waals surface area contributed by atoms with Crippen LogP contribution in [0.3, 0.4) is 0 Å². The van der Waals surface area contributed by atoms with Gasteiger partial charge < -0.3 is 24.0 Å². The predicted molar refractivity (Wildman–Crippen MR) is 116 cm³/mol. The zero-order valence-electron chi connectivity index (χ0n) is 17.3. The number of aromatic nitrogens is 1. The summed E-state index contributed by atoms with van der Waals surface area (Å²) >= 11 is 1.04. The van der Waals surface area contributed by atoms with Crippen molar-refractivity contribution < 1.29 is 27.9 Å². The van der Waals surface area contributed by atoms with Crippen LogP contribution in [-0.4, -0.2) is 29.7 Å². The fraction of sp³-hybridized carbons (Fsp3) is 0.227. The van der Waals surface area contributed by atoms with Crippen molar-refractivity contribution in [3.63, 3.8) is 0 Å². The van der Waals surface area contributed by atoms with Crippen molar-refractivity contribution in [2.45, 2.75) is 19.8 Å². The largest absolute Gasteiger partial charge is 0.468 e. The van der Waals surface area contributed by atoms with E-state index in [1.54, 1.807) is 44.2 Å². The summed E-state index contributed by atoms with van der Waals surface area (Å²) in [5.41, 5.74) is 5.85. The summed E-state index contributed by atoms with van der Waals surface area (Å²) in [4.78, 5) is 39.2. The molecule has 10 heteroatoms. The number of carbonyl (C=O) groups excluding carboxylic acids is 2. The summed E-state index contributed by atoms with van der Waals surface area (Å²) in [5, 5.41) is 0. The number of ether oxygens (including phenoxy) is 2. The third-order valence-electron chi connectivity index (χ3n) is 4.78. The number of rotatable bonds is 6. The summed E-state index contributed by atoms with van der Waals surface area (Å²) in [6.45, 7) is 3.49. The van der Waals surface area contributed by atoms with Crippen molar-refractivity contribution in [1.82, 2.24) is 4.57 Å². The van der Waals surface area contributed by atoms with Crippen molar-refractivity contribution in [3.8, 4) is 0 Å². The Kier molecular flexibility index (Phi) is 5.87. The van der Waals surface area contributed by atoms with Crippen LogP contribution in [0.2, 0.25) is 0 Å². The number of furan rings is 2. The van der Waals surface area contributed by atoms with E-state index < -0.39 is 23.4 Å². The minimum absolute atomic E-state index is 0.0678. The summed E-state index contributed by atoms with van der Waals surface area (Å²) in [5.74, 6) is -1.83. The molecule has 0 spiro atoms. The third kappa shape index (κ3) is 3.58. The standard InChI is InChI=1S/C22H20N2O7S/c1-3-28-21(26)16-15(13-8-6-10-31-13)17(22(27)29-4-2)20-24(18(16)23)19(25)14(32-20)11-12-7-5-9-30-12/h5-11,15H,3-4,23H2,1-2H3. The van der Waals surface area contributed by atoms with E-state index in [1.807, 2.05) is 0 Å². The fourth-order valence-corrected chi connectivity index (χ4v) is 4.65. The van der Waals surface area contributed by atoms with Crippen molar-refractivity contribution in [3.05, 3.63) is 73.4 Å². The number of hydrogen-bond donors (Lipinski definition) is 1. The van der Waals surface area contributed by atoms with E-state index in [9.17, 15) is 14.4 Å². The third-order valence-corrected chi connectivity index (χ3v) is 5.89. The molecule has 1 unspecified atom stereocenters. The minimum Gasteiger partial charge on any atom is -0.468 e. The summed E-state index contributed by atoms with van der Waals surface area (Å²) in [6, 6.07) is 6.62. The minimum atomic E-state index is -1.00. The Morgan fingerprint density at radius 1 is 1.09 bits per heavy atom. The van der Waals surface area contributed by atoms with Gasteiger partial charge >= 0.3 is 11.9 Å². The zero-order valence-corrected chi connectivity index (χ0v) is 18.1. The molecule has 3 aromatic heterocycles. The molecular weight excluding hydrogens is 436 g/mol. The Balaban J connectivity index is 2.11. The van der Waals surface area contributed by atoms with Gasteiger partial charge in [0.1, 0.15) is 22.0 Å². The molecule has 9 nitrogen and oxygen atoms in total. The predicted octanol–water partition coefficient (Wildman–Crippen LogP) is 1.13. The molecular formula is C22H20N2O7S. The number of hydrogen-bond acceptors (Lipinski definition) is 9. The second-order valence-corrected chi connectivity index (χ2v) is 7.70. The van der Waals surface area contributed by atoms with Gasteiger partial charge in [0.05, 0.1) is 47.3 Å². The number of fused-ring (bicyclic) bond motifs is 1. The lowest BCUT2D eigenvalue weighted by Gasteiger charge is -2.25. The van der Waals surface area contributed by atoms with E-state index in [2.05, 4.69) is 0 Å². The Bertz CT molecular complexity index is 1360. The topological polar surface area (TPSA) is 127 Å². The van der Waals surface area contributed by atoms with Crippen LogP contribution < -0.4 is 20.5 Å². The smallest absolute Gasteiger partial charge is 0.338 e. The Hall–Kier alpha value is -3.79. The van der Waals surface area contributed by atoms with Gasteiger partial charge in [-0.25, -0.2) is 9.59 Å². The van der Waals surface area contributed by atoms with Crippen LogP contribution in [0.1, 0.15) is 31.3 Å². The molecule has 2 N–H and O–H groups in total. The van der Waals surface area contributed by atoms with Gasteiger partial charge in [-0.15, -0.1) is 11.3 Å². The maximum atomic E-state index is 13.2. The summed E-state index contributed by atoms with van der Waals surface area (Å²) in [7, 11) is 0. The highest BCUT2D eigenvalue weighted by atomic mass is 32.1. The Labute approximate surface area is 185 Å². The monoisotopic (exact) mass is 456 g/mol. The first-order valence-corrected chi connectivity index (χ1v) is 10.7. The lowest BCUT2D eigenvalue weighted by molar-refractivity contribution is -0.138. The SMILES string of the molecule is CCOC(=O)C1=C(N)n2c(sc(=Cc3ccco3)c2=O)=C(C(=O)OCC)C1c1ccco1. The van der Waals surface area contributed by atoms with Crippen LogP contribution in [0.15, 0.2) is 56.0 Å². The van der Waals surface area contributed by atoms with E-state index in [-0.39, 0.29) is 39.4 Å². The number of thiazole rings is 1. The summed E-state index contributed by atoms with van der Waals surface area (Å²) in [6.07, 6.45) is 4.44. The van der Waals surface area contributed by atoms with Gasteiger partial charge in [0.2, 0.25) is 0 Å². The van der Waals surface area contributed by atoms with E-state index in [4.69, 9.17) is 24.0 Å². The second kappa shape index (κ2) is 8.75. The molecule has 1 aliphatic heterocycles. The first-order chi connectivity index (χ1) is 15.5. The van der Waals surface area contributed by atoms with Crippen molar-refractivity contribution >= 4 is 40.7 Å². The van der Waals surface area contributed by atoms with Crippen LogP contribution in [-0.2, 0) is 19.1 Å². The number of esters is 2. The molecule has 0 bridgehead atoms. The molecule has 32 heavy (non-hydrogen) atoms. The Morgan fingerprint density at radius 2 is 1.75 bits per heavy atom. The van der Waals surface area contributed by atoms with Gasteiger partial charge in [0, 0.05) is 6.08 Å². The molecule has 0 fully saturated rings. The highest BCUT2D eigenvalue weighted by molar-refractivity contribution is 7.07. The first-order valence-electron chi connectivity index (χ1n) is 9.86. The number of carbonyl (C=O) groups is 2. The van der Waals surface area contributed by atoms with Crippen LogP contribution in [0.5, 0.6) is 0 Å². The highest BCUT2D eigenvalue weighted by Gasteiger charge is 2.41. The van der Waals surface area contributed by atoms with E-state index in [0.717, 1.165) is 15.9 Å². The van der Waals surface area contributed by atoms with Crippen LogP contribution in [0.4, 0.5) is 0 Å². The van der Waals surface area contributed by atoms with Gasteiger partial charge in [-0.3, -0.25) is 9.36 Å². The molecule has 0 radical (unpaired) electrons. The van der Waals surface area contributed by atoms with Gasteiger partial charge in [-0.2, -0.15) is 0 Å². The number of nitrogens with two attached hydrogens (primary N) is 1. The molecule has 166 valence electrons. The molecule has 0 aromatic carbocycles. The average molecular weight is 456 g/mol. The summed E-state index contributed by atoms with van der Waals surface area (Å²) < 4.78 is 23.0.